The van der Waals surface area contributed by atoms with Gasteiger partial charge in [-0.3, -0.25) is 4.98 Å². The Hall–Kier alpha value is -1.41. The van der Waals surface area contributed by atoms with Crippen molar-refractivity contribution in [3.8, 4) is 0 Å². The third-order valence-corrected chi connectivity index (χ3v) is 5.20. The molecule has 4 unspecified atom stereocenters. The molecule has 2 nitrogen and oxygen atoms in total. The van der Waals surface area contributed by atoms with E-state index in [9.17, 15) is 5.11 Å². The van der Waals surface area contributed by atoms with Crippen molar-refractivity contribution in [3.05, 3.63) is 42.1 Å². The Morgan fingerprint density at radius 1 is 1.11 bits per heavy atom. The molecule has 1 aromatic heterocycles. The van der Waals surface area contributed by atoms with Gasteiger partial charge in [0.2, 0.25) is 0 Å². The minimum Gasteiger partial charge on any atom is -0.388 e. The van der Waals surface area contributed by atoms with Gasteiger partial charge in [0.05, 0.1) is 11.6 Å². The first-order chi connectivity index (χ1) is 9.33. The van der Waals surface area contributed by atoms with Crippen LogP contribution in [0, 0.1) is 17.8 Å². The molecule has 98 valence electrons. The van der Waals surface area contributed by atoms with Gasteiger partial charge in [0, 0.05) is 11.6 Å². The fourth-order valence-electron chi connectivity index (χ4n) is 4.30. The summed E-state index contributed by atoms with van der Waals surface area (Å²) in [5, 5.41) is 11.9. The summed E-state index contributed by atoms with van der Waals surface area (Å²) in [4.78, 5) is 4.39. The fraction of sp³-hybridized carbons (Fsp3) is 0.471. The summed E-state index contributed by atoms with van der Waals surface area (Å²) in [7, 11) is 0. The Kier molecular flexibility index (Phi) is 2.59. The first-order valence-corrected chi connectivity index (χ1v) is 7.34. The number of hydrogen-bond donors (Lipinski definition) is 1. The van der Waals surface area contributed by atoms with Crippen molar-refractivity contribution in [1.82, 2.24) is 4.98 Å². The minimum atomic E-state index is -0.316. The van der Waals surface area contributed by atoms with Gasteiger partial charge in [-0.15, -0.1) is 0 Å². The lowest BCUT2D eigenvalue weighted by molar-refractivity contribution is 0.0757. The maximum atomic E-state index is 10.8. The highest BCUT2D eigenvalue weighted by atomic mass is 16.3. The van der Waals surface area contributed by atoms with Crippen molar-refractivity contribution in [2.24, 2.45) is 17.8 Å². The SMILES string of the molecule is OC(c1cccc2ncccc12)C1CC2CCC1C2. The van der Waals surface area contributed by atoms with E-state index >= 15 is 0 Å². The summed E-state index contributed by atoms with van der Waals surface area (Å²) < 4.78 is 0. The summed E-state index contributed by atoms with van der Waals surface area (Å²) in [6.07, 6.45) is 6.74. The Balaban J connectivity index is 1.74. The predicted octanol–water partition coefficient (Wildman–Crippen LogP) is 3.70. The number of nitrogens with zero attached hydrogens (tertiary/aromatic N) is 1. The average molecular weight is 253 g/mol. The summed E-state index contributed by atoms with van der Waals surface area (Å²) in [5.41, 5.74) is 2.06. The second kappa shape index (κ2) is 4.31. The summed E-state index contributed by atoms with van der Waals surface area (Å²) in [6, 6.07) is 10.1. The zero-order chi connectivity index (χ0) is 12.8. The Morgan fingerprint density at radius 3 is 2.84 bits per heavy atom. The smallest absolute Gasteiger partial charge is 0.0827 e. The molecule has 2 aromatic rings. The molecule has 4 rings (SSSR count). The molecule has 4 atom stereocenters. The molecular formula is C17H19NO. The van der Waals surface area contributed by atoms with E-state index in [0.29, 0.717) is 5.92 Å². The molecule has 2 aliphatic carbocycles. The number of rotatable bonds is 2. The van der Waals surface area contributed by atoms with Crippen LogP contribution >= 0.6 is 0 Å². The lowest BCUT2D eigenvalue weighted by atomic mass is 9.81. The second-order valence-corrected chi connectivity index (χ2v) is 6.20. The van der Waals surface area contributed by atoms with Crippen LogP contribution < -0.4 is 0 Å². The molecule has 0 aliphatic heterocycles. The molecule has 0 amide bonds. The molecule has 2 aliphatic rings. The van der Waals surface area contributed by atoms with Crippen LogP contribution in [0.25, 0.3) is 10.9 Å². The second-order valence-electron chi connectivity index (χ2n) is 6.20. The minimum absolute atomic E-state index is 0.316. The molecule has 1 N–H and O–H groups in total. The van der Waals surface area contributed by atoms with E-state index in [1.54, 1.807) is 0 Å². The highest BCUT2D eigenvalue weighted by molar-refractivity contribution is 5.82. The Labute approximate surface area is 113 Å². The van der Waals surface area contributed by atoms with Gasteiger partial charge in [-0.25, -0.2) is 0 Å². The number of pyridine rings is 1. The monoisotopic (exact) mass is 253 g/mol. The Morgan fingerprint density at radius 2 is 2.05 bits per heavy atom. The predicted molar refractivity (Wildman–Crippen MR) is 75.6 cm³/mol. The van der Waals surface area contributed by atoms with Gasteiger partial charge in [0.25, 0.3) is 0 Å². The Bertz CT molecular complexity index is 604. The van der Waals surface area contributed by atoms with E-state index in [2.05, 4.69) is 17.1 Å². The maximum Gasteiger partial charge on any atom is 0.0827 e. The van der Waals surface area contributed by atoms with E-state index in [4.69, 9.17) is 0 Å². The maximum absolute atomic E-state index is 10.8. The van der Waals surface area contributed by atoms with Crippen LogP contribution in [0.2, 0.25) is 0 Å². The average Bonchev–Trinajstić information content (AvgIpc) is 3.08. The molecule has 0 saturated heterocycles. The fourth-order valence-corrected chi connectivity index (χ4v) is 4.30. The zero-order valence-corrected chi connectivity index (χ0v) is 11.0. The van der Waals surface area contributed by atoms with Crippen molar-refractivity contribution in [3.63, 3.8) is 0 Å². The van der Waals surface area contributed by atoms with Crippen molar-refractivity contribution in [1.29, 1.82) is 0 Å². The molecule has 19 heavy (non-hydrogen) atoms. The third-order valence-electron chi connectivity index (χ3n) is 5.20. The molecule has 2 heteroatoms. The van der Waals surface area contributed by atoms with Crippen LogP contribution in [0.4, 0.5) is 0 Å². The first-order valence-electron chi connectivity index (χ1n) is 7.34. The lowest BCUT2D eigenvalue weighted by Crippen LogP contribution is -2.19. The van der Waals surface area contributed by atoms with Gasteiger partial charge in [-0.1, -0.05) is 24.6 Å². The van der Waals surface area contributed by atoms with Crippen LogP contribution in [0.5, 0.6) is 0 Å². The molecular weight excluding hydrogens is 234 g/mol. The highest BCUT2D eigenvalue weighted by Gasteiger charge is 2.43. The zero-order valence-electron chi connectivity index (χ0n) is 11.0. The van der Waals surface area contributed by atoms with Crippen molar-refractivity contribution >= 4 is 10.9 Å². The van der Waals surface area contributed by atoms with Crippen LogP contribution in [-0.2, 0) is 0 Å². The van der Waals surface area contributed by atoms with Gasteiger partial charge in [0.15, 0.2) is 0 Å². The van der Waals surface area contributed by atoms with Crippen LogP contribution in [-0.4, -0.2) is 10.1 Å². The molecule has 1 aromatic carbocycles. The van der Waals surface area contributed by atoms with Gasteiger partial charge in [-0.2, -0.15) is 0 Å². The molecule has 0 spiro atoms. The number of aromatic nitrogens is 1. The molecule has 2 fully saturated rings. The molecule has 1 heterocycles. The van der Waals surface area contributed by atoms with Gasteiger partial charge in [0.1, 0.15) is 0 Å². The van der Waals surface area contributed by atoms with E-state index in [0.717, 1.165) is 28.3 Å². The summed E-state index contributed by atoms with van der Waals surface area (Å²) >= 11 is 0. The van der Waals surface area contributed by atoms with Crippen LogP contribution in [0.15, 0.2) is 36.5 Å². The number of benzene rings is 1. The normalized spacial score (nSPS) is 30.9. The summed E-state index contributed by atoms with van der Waals surface area (Å²) in [5.74, 6) is 2.08. The van der Waals surface area contributed by atoms with Crippen molar-refractivity contribution < 1.29 is 5.11 Å². The topological polar surface area (TPSA) is 33.1 Å². The standard InChI is InChI=1S/C17H19NO/c19-17(15-10-11-6-7-12(15)9-11)14-3-1-5-16-13(14)4-2-8-18-16/h1-5,8,11-12,15,17,19H,6-7,9-10H2. The van der Waals surface area contributed by atoms with E-state index in [-0.39, 0.29) is 6.10 Å². The van der Waals surface area contributed by atoms with Crippen LogP contribution in [0.3, 0.4) is 0 Å². The number of aliphatic hydroxyl groups is 1. The van der Waals surface area contributed by atoms with Gasteiger partial charge >= 0.3 is 0 Å². The quantitative estimate of drug-likeness (QED) is 0.885. The number of aliphatic hydroxyl groups excluding tert-OH is 1. The first kappa shape index (κ1) is 11.4. The molecule has 2 bridgehead atoms. The highest BCUT2D eigenvalue weighted by Crippen LogP contribution is 2.52. The van der Waals surface area contributed by atoms with E-state index < -0.39 is 0 Å². The van der Waals surface area contributed by atoms with Crippen molar-refractivity contribution in [2.45, 2.75) is 31.8 Å². The largest absolute Gasteiger partial charge is 0.388 e. The number of fused-ring (bicyclic) bond motifs is 3. The van der Waals surface area contributed by atoms with Crippen molar-refractivity contribution in [2.75, 3.05) is 0 Å². The van der Waals surface area contributed by atoms with E-state index in [1.165, 1.54) is 25.7 Å². The summed E-state index contributed by atoms with van der Waals surface area (Å²) in [6.45, 7) is 0. The lowest BCUT2D eigenvalue weighted by Gasteiger charge is -2.27. The van der Waals surface area contributed by atoms with E-state index in [1.807, 2.05) is 24.4 Å². The molecule has 0 radical (unpaired) electrons. The van der Waals surface area contributed by atoms with Gasteiger partial charge in [-0.05, 0) is 54.7 Å². The number of hydrogen-bond acceptors (Lipinski definition) is 2. The third kappa shape index (κ3) is 1.78. The molecule has 2 saturated carbocycles. The van der Waals surface area contributed by atoms with Gasteiger partial charge < -0.3 is 5.11 Å². The van der Waals surface area contributed by atoms with Crippen LogP contribution in [0.1, 0.15) is 37.4 Å².